The Hall–Kier alpha value is -0.480. The number of anilines is 1. The van der Waals surface area contributed by atoms with Gasteiger partial charge in [-0.3, -0.25) is 4.90 Å². The van der Waals surface area contributed by atoms with Gasteiger partial charge in [-0.25, -0.2) is 0 Å². The molecule has 0 radical (unpaired) electrons. The van der Waals surface area contributed by atoms with E-state index in [1.165, 1.54) is 0 Å². The lowest BCUT2D eigenvalue weighted by Gasteiger charge is -2.36. The fraction of sp³-hybridized carbons (Fsp3) is 0.538. The molecule has 1 aromatic rings. The summed E-state index contributed by atoms with van der Waals surface area (Å²) in [4.78, 5) is 4.75. The molecule has 0 bridgehead atoms. The molecule has 0 amide bonds. The second-order valence-corrected chi connectivity index (χ2v) is 5.41. The molecule has 0 aromatic heterocycles. The van der Waals surface area contributed by atoms with Crippen LogP contribution < -0.4 is 10.6 Å². The predicted octanol–water partition coefficient (Wildman–Crippen LogP) is 2.46. The van der Waals surface area contributed by atoms with E-state index in [0.29, 0.717) is 0 Å². The molecule has 3 nitrogen and oxygen atoms in total. The number of hydrogen-bond acceptors (Lipinski definition) is 3. The average Bonchev–Trinajstić information content (AvgIpc) is 2.40. The number of rotatable bonds is 4. The van der Waals surface area contributed by atoms with Crippen molar-refractivity contribution >= 4 is 28.9 Å². The lowest BCUT2D eigenvalue weighted by atomic mass is 10.2. The highest BCUT2D eigenvalue weighted by atomic mass is 35.5. The molecular weight excluding hydrogens is 269 g/mol. The summed E-state index contributed by atoms with van der Waals surface area (Å²) in [6.45, 7) is 5.95. The van der Waals surface area contributed by atoms with Gasteiger partial charge in [0.25, 0.3) is 0 Å². The fourth-order valence-corrected chi connectivity index (χ4v) is 2.66. The first-order chi connectivity index (χ1) is 8.70. The Labute approximate surface area is 118 Å². The number of halogens is 2. The Morgan fingerprint density at radius 2 is 1.83 bits per heavy atom. The van der Waals surface area contributed by atoms with E-state index >= 15 is 0 Å². The number of nitrogens with zero attached hydrogens (tertiary/aromatic N) is 2. The van der Waals surface area contributed by atoms with Crippen LogP contribution in [-0.2, 0) is 0 Å². The van der Waals surface area contributed by atoms with Crippen LogP contribution in [0.25, 0.3) is 0 Å². The van der Waals surface area contributed by atoms with E-state index in [1.54, 1.807) is 0 Å². The molecule has 1 saturated heterocycles. The molecule has 0 atom stereocenters. The molecule has 0 saturated carbocycles. The molecule has 1 heterocycles. The fourth-order valence-electron chi connectivity index (χ4n) is 2.26. The van der Waals surface area contributed by atoms with Gasteiger partial charge in [0.2, 0.25) is 0 Å². The Bertz CT molecular complexity index is 390. The van der Waals surface area contributed by atoms with E-state index in [4.69, 9.17) is 28.9 Å². The van der Waals surface area contributed by atoms with Crippen LogP contribution in [0, 0.1) is 0 Å². The zero-order valence-electron chi connectivity index (χ0n) is 10.4. The normalized spacial score (nSPS) is 17.2. The maximum absolute atomic E-state index is 6.22. The zero-order valence-corrected chi connectivity index (χ0v) is 11.9. The molecule has 1 aromatic carbocycles. The first kappa shape index (κ1) is 13.9. The van der Waals surface area contributed by atoms with Gasteiger partial charge in [-0.15, -0.1) is 0 Å². The average molecular weight is 288 g/mol. The minimum absolute atomic E-state index is 0.736. The molecule has 1 fully saturated rings. The van der Waals surface area contributed by atoms with Gasteiger partial charge in [-0.05, 0) is 37.7 Å². The molecular formula is C13H19Cl2N3. The molecule has 1 aliphatic rings. The molecule has 0 spiro atoms. The highest BCUT2D eigenvalue weighted by Crippen LogP contribution is 2.29. The summed E-state index contributed by atoms with van der Waals surface area (Å²) in [7, 11) is 0. The molecule has 1 aliphatic heterocycles. The standard InChI is InChI=1S/C13H19Cl2N3/c14-11-2-3-12(15)13(10-11)18-8-6-17(7-9-18)5-1-4-16/h2-3,10H,1,4-9,16H2. The Morgan fingerprint density at radius 3 is 2.50 bits per heavy atom. The van der Waals surface area contributed by atoms with E-state index < -0.39 is 0 Å². The second-order valence-electron chi connectivity index (χ2n) is 4.57. The molecule has 0 aliphatic carbocycles. The summed E-state index contributed by atoms with van der Waals surface area (Å²) in [6.07, 6.45) is 1.07. The predicted molar refractivity (Wildman–Crippen MR) is 78.8 cm³/mol. The number of benzene rings is 1. The van der Waals surface area contributed by atoms with Gasteiger partial charge >= 0.3 is 0 Å². The maximum Gasteiger partial charge on any atom is 0.0640 e. The van der Waals surface area contributed by atoms with Crippen molar-refractivity contribution in [2.24, 2.45) is 5.73 Å². The molecule has 2 N–H and O–H groups in total. The van der Waals surface area contributed by atoms with Gasteiger partial charge in [0.1, 0.15) is 0 Å². The van der Waals surface area contributed by atoms with Gasteiger partial charge in [-0.2, -0.15) is 0 Å². The Morgan fingerprint density at radius 1 is 1.11 bits per heavy atom. The third-order valence-corrected chi connectivity index (χ3v) is 3.85. The topological polar surface area (TPSA) is 32.5 Å². The summed E-state index contributed by atoms with van der Waals surface area (Å²) in [6, 6.07) is 5.63. The maximum atomic E-state index is 6.22. The molecule has 0 unspecified atom stereocenters. The smallest absolute Gasteiger partial charge is 0.0640 e. The van der Waals surface area contributed by atoms with Crippen LogP contribution in [0.5, 0.6) is 0 Å². The summed E-state index contributed by atoms with van der Waals surface area (Å²) in [5.74, 6) is 0. The lowest BCUT2D eigenvalue weighted by Crippen LogP contribution is -2.47. The van der Waals surface area contributed by atoms with E-state index in [-0.39, 0.29) is 0 Å². The van der Waals surface area contributed by atoms with Crippen molar-refractivity contribution < 1.29 is 0 Å². The Kier molecular flexibility index (Phi) is 5.13. The van der Waals surface area contributed by atoms with Crippen molar-refractivity contribution in [3.63, 3.8) is 0 Å². The first-order valence-corrected chi connectivity index (χ1v) is 7.08. The third-order valence-electron chi connectivity index (χ3n) is 3.30. The van der Waals surface area contributed by atoms with E-state index in [2.05, 4.69) is 9.80 Å². The van der Waals surface area contributed by atoms with E-state index in [1.807, 2.05) is 18.2 Å². The van der Waals surface area contributed by atoms with Gasteiger partial charge < -0.3 is 10.6 Å². The number of nitrogens with two attached hydrogens (primary N) is 1. The Balaban J connectivity index is 1.94. The summed E-state index contributed by atoms with van der Waals surface area (Å²) >= 11 is 12.2. The summed E-state index contributed by atoms with van der Waals surface area (Å²) in [5, 5.41) is 1.51. The third kappa shape index (κ3) is 3.51. The monoisotopic (exact) mass is 287 g/mol. The van der Waals surface area contributed by atoms with E-state index in [9.17, 15) is 0 Å². The first-order valence-electron chi connectivity index (χ1n) is 6.33. The van der Waals surface area contributed by atoms with Crippen LogP contribution in [0.2, 0.25) is 10.0 Å². The van der Waals surface area contributed by atoms with Gasteiger partial charge in [0.15, 0.2) is 0 Å². The highest BCUT2D eigenvalue weighted by Gasteiger charge is 2.18. The summed E-state index contributed by atoms with van der Waals surface area (Å²) in [5.41, 5.74) is 6.58. The van der Waals surface area contributed by atoms with Crippen molar-refractivity contribution in [1.82, 2.24) is 4.90 Å². The molecule has 5 heteroatoms. The van der Waals surface area contributed by atoms with Crippen LogP contribution in [0.4, 0.5) is 5.69 Å². The number of piperazine rings is 1. The van der Waals surface area contributed by atoms with Gasteiger partial charge in [0, 0.05) is 31.2 Å². The van der Waals surface area contributed by atoms with Crippen LogP contribution in [-0.4, -0.2) is 44.2 Å². The van der Waals surface area contributed by atoms with Gasteiger partial charge in [-0.1, -0.05) is 23.2 Å². The molecule has 2 rings (SSSR count). The van der Waals surface area contributed by atoms with Crippen molar-refractivity contribution in [2.45, 2.75) is 6.42 Å². The van der Waals surface area contributed by atoms with E-state index in [0.717, 1.165) is 61.4 Å². The van der Waals surface area contributed by atoms with Gasteiger partial charge in [0.05, 0.1) is 10.7 Å². The van der Waals surface area contributed by atoms with Crippen molar-refractivity contribution in [3.8, 4) is 0 Å². The van der Waals surface area contributed by atoms with Crippen molar-refractivity contribution in [2.75, 3.05) is 44.2 Å². The van der Waals surface area contributed by atoms with Crippen LogP contribution in [0.3, 0.4) is 0 Å². The van der Waals surface area contributed by atoms with Crippen molar-refractivity contribution in [1.29, 1.82) is 0 Å². The largest absolute Gasteiger partial charge is 0.368 e. The van der Waals surface area contributed by atoms with Crippen LogP contribution >= 0.6 is 23.2 Å². The quantitative estimate of drug-likeness (QED) is 0.923. The minimum Gasteiger partial charge on any atom is -0.368 e. The highest BCUT2D eigenvalue weighted by molar-refractivity contribution is 6.35. The lowest BCUT2D eigenvalue weighted by molar-refractivity contribution is 0.256. The summed E-state index contributed by atoms with van der Waals surface area (Å²) < 4.78 is 0. The molecule has 18 heavy (non-hydrogen) atoms. The molecule has 100 valence electrons. The van der Waals surface area contributed by atoms with Crippen molar-refractivity contribution in [3.05, 3.63) is 28.2 Å². The zero-order chi connectivity index (χ0) is 13.0. The van der Waals surface area contributed by atoms with Crippen LogP contribution in [0.15, 0.2) is 18.2 Å². The van der Waals surface area contributed by atoms with Crippen LogP contribution in [0.1, 0.15) is 6.42 Å². The number of hydrogen-bond donors (Lipinski definition) is 1. The minimum atomic E-state index is 0.736. The SMILES string of the molecule is NCCCN1CCN(c2cc(Cl)ccc2Cl)CC1. The second kappa shape index (κ2) is 6.62.